The summed E-state index contributed by atoms with van der Waals surface area (Å²) in [5, 5.41) is 3.24. The molecule has 2 rings (SSSR count). The van der Waals surface area contributed by atoms with Crippen LogP contribution >= 0.6 is 0 Å². The number of hydrogen-bond acceptors (Lipinski definition) is 6. The Bertz CT molecular complexity index is 688. The van der Waals surface area contributed by atoms with Gasteiger partial charge in [-0.1, -0.05) is 19.1 Å². The minimum absolute atomic E-state index is 0.173. The van der Waals surface area contributed by atoms with E-state index in [-0.39, 0.29) is 6.04 Å². The number of ether oxygens (including phenoxy) is 1. The Morgan fingerprint density at radius 2 is 2.17 bits per heavy atom. The number of benzene rings is 1. The smallest absolute Gasteiger partial charge is 0.343 e. The lowest BCUT2D eigenvalue weighted by Crippen LogP contribution is -2.19. The molecule has 3 N–H and O–H groups in total. The predicted octanol–water partition coefficient (Wildman–Crippen LogP) is 3.11. The standard InChI is InChI=1S/C17H22N4O2/c1-4-11(3)20-16-14(17(22)23-5-2)10-19-15(21-16)12-7-6-8-13(18)9-12/h6-11H,4-5,18H2,1-3H3,(H,19,20,21)/t11-/m1/s1. The minimum atomic E-state index is -0.433. The average Bonchev–Trinajstić information content (AvgIpc) is 2.54. The Labute approximate surface area is 136 Å². The van der Waals surface area contributed by atoms with Gasteiger partial charge < -0.3 is 15.8 Å². The highest BCUT2D eigenvalue weighted by Crippen LogP contribution is 2.22. The van der Waals surface area contributed by atoms with Crippen LogP contribution in [0.4, 0.5) is 11.5 Å². The fourth-order valence-corrected chi connectivity index (χ4v) is 2.00. The van der Waals surface area contributed by atoms with Gasteiger partial charge in [0.05, 0.1) is 6.61 Å². The number of nitrogens with zero attached hydrogens (tertiary/aromatic N) is 2. The third kappa shape index (κ3) is 4.18. The molecule has 122 valence electrons. The highest BCUT2D eigenvalue weighted by atomic mass is 16.5. The van der Waals surface area contributed by atoms with E-state index in [0.717, 1.165) is 12.0 Å². The summed E-state index contributed by atoms with van der Waals surface area (Å²) in [5.41, 5.74) is 7.58. The van der Waals surface area contributed by atoms with Gasteiger partial charge in [-0.2, -0.15) is 0 Å². The fraction of sp³-hybridized carbons (Fsp3) is 0.353. The molecule has 0 aliphatic heterocycles. The van der Waals surface area contributed by atoms with E-state index >= 15 is 0 Å². The lowest BCUT2D eigenvalue weighted by molar-refractivity contribution is 0.0526. The SMILES string of the molecule is CCOC(=O)c1cnc(-c2cccc(N)c2)nc1N[C@H](C)CC. The first kappa shape index (κ1) is 16.7. The average molecular weight is 314 g/mol. The number of nitrogens with two attached hydrogens (primary N) is 1. The summed E-state index contributed by atoms with van der Waals surface area (Å²) >= 11 is 0. The first-order chi connectivity index (χ1) is 11.0. The van der Waals surface area contributed by atoms with Crippen molar-refractivity contribution in [3.8, 4) is 11.4 Å². The monoisotopic (exact) mass is 314 g/mol. The van der Waals surface area contributed by atoms with Gasteiger partial charge in [0.2, 0.25) is 0 Å². The van der Waals surface area contributed by atoms with Gasteiger partial charge in [0.15, 0.2) is 5.82 Å². The number of rotatable bonds is 6. The van der Waals surface area contributed by atoms with Crippen LogP contribution in [-0.4, -0.2) is 28.6 Å². The molecule has 6 heteroatoms. The maximum absolute atomic E-state index is 12.1. The summed E-state index contributed by atoms with van der Waals surface area (Å²) in [4.78, 5) is 20.9. The highest BCUT2D eigenvalue weighted by Gasteiger charge is 2.17. The molecular formula is C17H22N4O2. The van der Waals surface area contributed by atoms with Crippen molar-refractivity contribution >= 4 is 17.5 Å². The van der Waals surface area contributed by atoms with Crippen LogP contribution in [0.5, 0.6) is 0 Å². The molecule has 1 aromatic carbocycles. The first-order valence-electron chi connectivity index (χ1n) is 7.71. The lowest BCUT2D eigenvalue weighted by atomic mass is 10.2. The van der Waals surface area contributed by atoms with Gasteiger partial charge in [0.1, 0.15) is 11.4 Å². The van der Waals surface area contributed by atoms with Crippen molar-refractivity contribution in [3.63, 3.8) is 0 Å². The lowest BCUT2D eigenvalue weighted by Gasteiger charge is -2.16. The normalized spacial score (nSPS) is 11.8. The molecule has 0 aliphatic carbocycles. The summed E-state index contributed by atoms with van der Waals surface area (Å²) in [7, 11) is 0. The quantitative estimate of drug-likeness (QED) is 0.629. The van der Waals surface area contributed by atoms with Gasteiger partial charge >= 0.3 is 5.97 Å². The zero-order valence-corrected chi connectivity index (χ0v) is 13.7. The van der Waals surface area contributed by atoms with Gasteiger partial charge in [-0.15, -0.1) is 0 Å². The van der Waals surface area contributed by atoms with Crippen LogP contribution in [0, 0.1) is 0 Å². The van der Waals surface area contributed by atoms with Crippen molar-refractivity contribution in [2.75, 3.05) is 17.7 Å². The Kier molecular flexibility index (Phi) is 5.51. The number of hydrogen-bond donors (Lipinski definition) is 2. The Morgan fingerprint density at radius 3 is 2.83 bits per heavy atom. The molecule has 0 fully saturated rings. The fourth-order valence-electron chi connectivity index (χ4n) is 2.00. The predicted molar refractivity (Wildman–Crippen MR) is 91.2 cm³/mol. The highest BCUT2D eigenvalue weighted by molar-refractivity contribution is 5.94. The van der Waals surface area contributed by atoms with E-state index in [4.69, 9.17) is 10.5 Å². The van der Waals surface area contributed by atoms with Crippen molar-refractivity contribution < 1.29 is 9.53 Å². The van der Waals surface area contributed by atoms with E-state index in [1.54, 1.807) is 19.1 Å². The molecule has 1 aromatic heterocycles. The molecule has 0 radical (unpaired) electrons. The van der Waals surface area contributed by atoms with Crippen LogP contribution in [-0.2, 0) is 4.74 Å². The first-order valence-corrected chi connectivity index (χ1v) is 7.71. The summed E-state index contributed by atoms with van der Waals surface area (Å²) in [6.45, 7) is 6.15. The molecule has 0 aliphatic rings. The molecule has 2 aromatic rings. The number of carbonyl (C=O) groups is 1. The molecule has 1 atom stereocenters. The number of nitrogen functional groups attached to an aromatic ring is 1. The van der Waals surface area contributed by atoms with Gasteiger partial charge in [-0.3, -0.25) is 0 Å². The van der Waals surface area contributed by atoms with Gasteiger partial charge in [-0.25, -0.2) is 14.8 Å². The number of anilines is 2. The van der Waals surface area contributed by atoms with Gasteiger partial charge in [0, 0.05) is 23.5 Å². The van der Waals surface area contributed by atoms with Crippen molar-refractivity contribution in [3.05, 3.63) is 36.0 Å². The molecule has 0 unspecified atom stereocenters. The zero-order chi connectivity index (χ0) is 16.8. The van der Waals surface area contributed by atoms with Crippen molar-refractivity contribution in [2.24, 2.45) is 0 Å². The van der Waals surface area contributed by atoms with E-state index in [2.05, 4.69) is 22.2 Å². The molecule has 0 amide bonds. The minimum Gasteiger partial charge on any atom is -0.462 e. The third-order valence-corrected chi connectivity index (χ3v) is 3.42. The summed E-state index contributed by atoms with van der Waals surface area (Å²) in [6, 6.07) is 7.49. The maximum atomic E-state index is 12.1. The van der Waals surface area contributed by atoms with Crippen LogP contribution in [0.25, 0.3) is 11.4 Å². The van der Waals surface area contributed by atoms with E-state index < -0.39 is 5.97 Å². The summed E-state index contributed by atoms with van der Waals surface area (Å²) in [5.74, 6) is 0.554. The molecule has 0 bridgehead atoms. The Morgan fingerprint density at radius 1 is 1.39 bits per heavy atom. The van der Waals surface area contributed by atoms with Crippen molar-refractivity contribution in [1.82, 2.24) is 9.97 Å². The van der Waals surface area contributed by atoms with Crippen molar-refractivity contribution in [1.29, 1.82) is 0 Å². The molecule has 6 nitrogen and oxygen atoms in total. The van der Waals surface area contributed by atoms with E-state index in [1.807, 2.05) is 19.1 Å². The largest absolute Gasteiger partial charge is 0.462 e. The summed E-state index contributed by atoms with van der Waals surface area (Å²) in [6.07, 6.45) is 2.40. The maximum Gasteiger partial charge on any atom is 0.343 e. The van der Waals surface area contributed by atoms with E-state index in [1.165, 1.54) is 6.20 Å². The molecule has 0 saturated carbocycles. The van der Waals surface area contributed by atoms with Crippen LogP contribution in [0.1, 0.15) is 37.6 Å². The topological polar surface area (TPSA) is 90.1 Å². The Balaban J connectivity index is 2.43. The number of carbonyl (C=O) groups excluding carboxylic acids is 1. The zero-order valence-electron chi connectivity index (χ0n) is 13.7. The second kappa shape index (κ2) is 7.58. The van der Waals surface area contributed by atoms with Crippen LogP contribution < -0.4 is 11.1 Å². The molecule has 1 heterocycles. The molecule has 0 saturated heterocycles. The second-order valence-electron chi connectivity index (χ2n) is 5.26. The molecule has 23 heavy (non-hydrogen) atoms. The molecule has 0 spiro atoms. The molecular weight excluding hydrogens is 292 g/mol. The van der Waals surface area contributed by atoms with Crippen molar-refractivity contribution in [2.45, 2.75) is 33.2 Å². The van der Waals surface area contributed by atoms with E-state index in [0.29, 0.717) is 29.5 Å². The summed E-state index contributed by atoms with van der Waals surface area (Å²) < 4.78 is 5.07. The number of esters is 1. The van der Waals surface area contributed by atoms with Gasteiger partial charge in [-0.05, 0) is 32.4 Å². The van der Waals surface area contributed by atoms with Crippen LogP contribution in [0.2, 0.25) is 0 Å². The Hall–Kier alpha value is -2.63. The third-order valence-electron chi connectivity index (χ3n) is 3.42. The second-order valence-corrected chi connectivity index (χ2v) is 5.26. The number of nitrogens with one attached hydrogen (secondary N) is 1. The number of aromatic nitrogens is 2. The van der Waals surface area contributed by atoms with Crippen LogP contribution in [0.3, 0.4) is 0 Å². The van der Waals surface area contributed by atoms with Crippen LogP contribution in [0.15, 0.2) is 30.5 Å². The van der Waals surface area contributed by atoms with E-state index in [9.17, 15) is 4.79 Å². The van der Waals surface area contributed by atoms with Gasteiger partial charge in [0.25, 0.3) is 0 Å².